The Morgan fingerprint density at radius 2 is 0.891 bits per heavy atom. The van der Waals surface area contributed by atoms with Crippen molar-refractivity contribution in [2.45, 2.75) is 225 Å². The normalized spacial score (nSPS) is 13.5. The Kier molecular flexibility index (Phi) is 40.9. The summed E-state index contributed by atoms with van der Waals surface area (Å²) in [6.07, 6.45) is 45.0. The summed E-state index contributed by atoms with van der Waals surface area (Å²) in [5, 5.41) is 0. The van der Waals surface area contributed by atoms with E-state index < -0.39 is 26.5 Å². The maximum Gasteiger partial charge on any atom is 0.472 e. The molecule has 0 aromatic rings. The highest BCUT2D eigenvalue weighted by molar-refractivity contribution is 7.47. The summed E-state index contributed by atoms with van der Waals surface area (Å²) in [4.78, 5) is 34.9. The summed E-state index contributed by atoms with van der Waals surface area (Å²) in [5.41, 5.74) is 5.35. The van der Waals surface area contributed by atoms with Gasteiger partial charge in [0.2, 0.25) is 0 Å². The third-order valence-corrected chi connectivity index (χ3v) is 10.8. The van der Waals surface area contributed by atoms with Crippen LogP contribution in [0.2, 0.25) is 0 Å². The first-order valence-electron chi connectivity index (χ1n) is 22.8. The van der Waals surface area contributed by atoms with E-state index in [2.05, 4.69) is 38.2 Å². The Labute approximate surface area is 338 Å². The molecule has 10 heteroatoms. The molecule has 0 aromatic heterocycles. The van der Waals surface area contributed by atoms with Crippen LogP contribution in [0.25, 0.3) is 0 Å². The third kappa shape index (κ3) is 41.9. The first-order chi connectivity index (χ1) is 26.8. The number of ether oxygens (including phenoxy) is 2. The molecule has 0 fully saturated rings. The summed E-state index contributed by atoms with van der Waals surface area (Å²) in [6, 6.07) is 0. The van der Waals surface area contributed by atoms with Crippen molar-refractivity contribution < 1.29 is 37.6 Å². The van der Waals surface area contributed by atoms with E-state index in [1.165, 1.54) is 135 Å². The number of hydrogen-bond donors (Lipinski definition) is 2. The van der Waals surface area contributed by atoms with Gasteiger partial charge in [0.05, 0.1) is 13.2 Å². The molecule has 0 radical (unpaired) electrons. The fraction of sp³-hybridized carbons (Fsp3) is 0.867. The molecule has 0 aliphatic rings. The third-order valence-electron chi connectivity index (χ3n) is 9.81. The molecule has 1 unspecified atom stereocenters. The van der Waals surface area contributed by atoms with E-state index in [1.54, 1.807) is 0 Å². The summed E-state index contributed by atoms with van der Waals surface area (Å²) in [5.74, 6) is -0.833. The number of phosphoric ester groups is 1. The fourth-order valence-electron chi connectivity index (χ4n) is 6.39. The minimum Gasteiger partial charge on any atom is -0.462 e. The molecule has 3 N–H and O–H groups in total. The van der Waals surface area contributed by atoms with E-state index >= 15 is 0 Å². The van der Waals surface area contributed by atoms with Crippen LogP contribution < -0.4 is 5.73 Å². The van der Waals surface area contributed by atoms with E-state index in [0.29, 0.717) is 6.42 Å². The predicted molar refractivity (Wildman–Crippen MR) is 229 cm³/mol. The Morgan fingerprint density at radius 1 is 0.527 bits per heavy atom. The largest absolute Gasteiger partial charge is 0.472 e. The monoisotopic (exact) mass is 800 g/mol. The zero-order valence-electron chi connectivity index (χ0n) is 35.7. The van der Waals surface area contributed by atoms with Crippen molar-refractivity contribution >= 4 is 19.8 Å². The number of carbonyl (C=O) groups is 2. The van der Waals surface area contributed by atoms with Gasteiger partial charge in [0.25, 0.3) is 0 Å². The molecule has 55 heavy (non-hydrogen) atoms. The lowest BCUT2D eigenvalue weighted by atomic mass is 10.0. The first-order valence-corrected chi connectivity index (χ1v) is 24.3. The number of nitrogens with two attached hydrogens (primary N) is 1. The quantitative estimate of drug-likeness (QED) is 0.0267. The molecule has 0 spiro atoms. The van der Waals surface area contributed by atoms with E-state index in [0.717, 1.165) is 51.4 Å². The molecule has 9 nitrogen and oxygen atoms in total. The van der Waals surface area contributed by atoms with Gasteiger partial charge in [-0.1, -0.05) is 167 Å². The minimum atomic E-state index is -4.38. The van der Waals surface area contributed by atoms with Crippen LogP contribution in [0.4, 0.5) is 0 Å². The summed E-state index contributed by atoms with van der Waals surface area (Å²) >= 11 is 0. The fourth-order valence-corrected chi connectivity index (χ4v) is 7.15. The van der Waals surface area contributed by atoms with Crippen LogP contribution in [-0.4, -0.2) is 49.3 Å². The highest BCUT2D eigenvalue weighted by atomic mass is 31.2. The van der Waals surface area contributed by atoms with Crippen molar-refractivity contribution in [1.29, 1.82) is 0 Å². The molecule has 0 heterocycles. The van der Waals surface area contributed by atoms with Crippen LogP contribution in [0.3, 0.4) is 0 Å². The highest BCUT2D eigenvalue weighted by Crippen LogP contribution is 2.43. The number of unbranched alkanes of at least 4 members (excludes halogenated alkanes) is 26. The average Bonchev–Trinajstić information content (AvgIpc) is 3.17. The summed E-state index contributed by atoms with van der Waals surface area (Å²) in [7, 11) is -4.38. The molecule has 2 atom stereocenters. The van der Waals surface area contributed by atoms with E-state index in [9.17, 15) is 19.0 Å². The van der Waals surface area contributed by atoms with Crippen LogP contribution >= 0.6 is 7.82 Å². The van der Waals surface area contributed by atoms with Crippen LogP contribution in [0, 0.1) is 0 Å². The summed E-state index contributed by atoms with van der Waals surface area (Å²) < 4.78 is 32.8. The topological polar surface area (TPSA) is 134 Å². The number of esters is 2. The molecule has 0 aliphatic carbocycles. The zero-order valence-corrected chi connectivity index (χ0v) is 36.6. The second kappa shape index (κ2) is 42.1. The van der Waals surface area contributed by atoms with Crippen molar-refractivity contribution in [3.8, 4) is 0 Å². The van der Waals surface area contributed by atoms with Gasteiger partial charge < -0.3 is 20.1 Å². The van der Waals surface area contributed by atoms with Gasteiger partial charge in [-0.15, -0.1) is 0 Å². The minimum absolute atomic E-state index is 0.0532. The van der Waals surface area contributed by atoms with Gasteiger partial charge in [-0.05, 0) is 64.2 Å². The Bertz CT molecular complexity index is 959. The molecule has 324 valence electrons. The van der Waals surface area contributed by atoms with E-state index in [1.807, 2.05) is 0 Å². The van der Waals surface area contributed by atoms with E-state index in [4.69, 9.17) is 24.3 Å². The highest BCUT2D eigenvalue weighted by Gasteiger charge is 2.26. The van der Waals surface area contributed by atoms with Crippen molar-refractivity contribution in [1.82, 2.24) is 0 Å². The Morgan fingerprint density at radius 3 is 1.31 bits per heavy atom. The van der Waals surface area contributed by atoms with Gasteiger partial charge in [0.1, 0.15) is 6.61 Å². The van der Waals surface area contributed by atoms with Gasteiger partial charge in [-0.2, -0.15) is 0 Å². The lowest BCUT2D eigenvalue weighted by Gasteiger charge is -2.19. The van der Waals surface area contributed by atoms with Crippen LogP contribution in [0.5, 0.6) is 0 Å². The van der Waals surface area contributed by atoms with Crippen LogP contribution in [0.15, 0.2) is 24.3 Å². The molecule has 0 saturated heterocycles. The van der Waals surface area contributed by atoms with Crippen LogP contribution in [-0.2, 0) is 32.7 Å². The first kappa shape index (κ1) is 53.5. The van der Waals surface area contributed by atoms with Crippen molar-refractivity contribution in [2.24, 2.45) is 5.73 Å². The summed E-state index contributed by atoms with van der Waals surface area (Å²) in [6.45, 7) is 3.72. The van der Waals surface area contributed by atoms with Gasteiger partial charge in [0, 0.05) is 19.4 Å². The number of rotatable bonds is 43. The predicted octanol–water partition coefficient (Wildman–Crippen LogP) is 13.2. The van der Waals surface area contributed by atoms with Crippen molar-refractivity contribution in [3.05, 3.63) is 24.3 Å². The van der Waals surface area contributed by atoms with Gasteiger partial charge in [-0.25, -0.2) is 4.57 Å². The lowest BCUT2D eigenvalue weighted by molar-refractivity contribution is -0.161. The number of phosphoric acid groups is 1. The van der Waals surface area contributed by atoms with Crippen molar-refractivity contribution in [3.63, 3.8) is 0 Å². The number of allylic oxidation sites excluding steroid dienone is 4. The second-order valence-electron chi connectivity index (χ2n) is 15.3. The van der Waals surface area contributed by atoms with E-state index in [-0.39, 0.29) is 38.6 Å². The molecule has 0 rings (SSSR count). The SMILES string of the molecule is CCCCCC/C=C\CCCCCCCC(=O)O[C@H](COC(=O)CCCCCCCCCCCCC/C=C\CCCCCCCC)COP(=O)(O)OCCN. The lowest BCUT2D eigenvalue weighted by Crippen LogP contribution is -2.29. The Hall–Kier alpha value is -1.51. The number of carbonyl (C=O) groups excluding carboxylic acids is 2. The molecule has 0 bridgehead atoms. The molecular formula is C45H86NO8P. The molecule has 0 saturated carbocycles. The standard InChI is InChI=1S/C45H86NO8P/c1-3-5-7-9-11-13-15-17-18-19-20-21-22-23-24-26-27-29-31-33-35-37-44(47)51-41-43(42-53-55(49,50)52-40-39-46)54-45(48)38-36-34-32-30-28-25-16-14-12-10-8-6-4-2/h14,16-18,43H,3-13,15,19-42,46H2,1-2H3,(H,49,50)/b16-14-,18-17-/t43-/m1/s1. The molecule has 0 amide bonds. The smallest absolute Gasteiger partial charge is 0.462 e. The van der Waals surface area contributed by atoms with Crippen LogP contribution in [0.1, 0.15) is 219 Å². The maximum atomic E-state index is 12.6. The maximum absolute atomic E-state index is 12.6. The molecule has 0 aliphatic heterocycles. The second-order valence-corrected chi connectivity index (χ2v) is 16.7. The van der Waals surface area contributed by atoms with Gasteiger partial charge in [-0.3, -0.25) is 18.6 Å². The zero-order chi connectivity index (χ0) is 40.3. The van der Waals surface area contributed by atoms with Crippen molar-refractivity contribution in [2.75, 3.05) is 26.4 Å². The number of hydrogen-bond acceptors (Lipinski definition) is 8. The average molecular weight is 800 g/mol. The van der Waals surface area contributed by atoms with Gasteiger partial charge >= 0.3 is 19.8 Å². The molecule has 0 aromatic carbocycles. The Balaban J connectivity index is 4.06. The molecular weight excluding hydrogens is 713 g/mol. The van der Waals surface area contributed by atoms with Gasteiger partial charge in [0.15, 0.2) is 6.10 Å².